The number of nitrogens with one attached hydrogen (secondary N) is 1. The van der Waals surface area contributed by atoms with E-state index in [1.807, 2.05) is 13.1 Å². The number of halogens is 1. The maximum absolute atomic E-state index is 8.65. The molecule has 1 aromatic carbocycles. The molecule has 0 spiro atoms. The molecule has 0 unspecified atom stereocenters. The normalized spacial score (nSPS) is 8.87. The molecule has 0 heterocycles. The molecule has 0 fully saturated rings. The predicted molar refractivity (Wildman–Crippen MR) is 61.6 cm³/mol. The van der Waals surface area contributed by atoms with Crippen LogP contribution in [0.4, 0.5) is 0 Å². The maximum Gasteiger partial charge on any atom is 0.0992 e. The fraction of sp³-hybridized carbons (Fsp3) is 0.250. The molecule has 0 radical (unpaired) electrons. The Kier molecular flexibility index (Phi) is 4.71. The van der Waals surface area contributed by atoms with Gasteiger partial charge in [0.2, 0.25) is 0 Å². The third-order valence-electron chi connectivity index (χ3n) is 1.82. The van der Waals surface area contributed by atoms with Crippen molar-refractivity contribution in [1.29, 1.82) is 5.26 Å². The molecule has 0 amide bonds. The summed E-state index contributed by atoms with van der Waals surface area (Å²) in [5.74, 6) is 5.97. The van der Waals surface area contributed by atoms with Crippen molar-refractivity contribution in [1.82, 2.24) is 5.32 Å². The van der Waals surface area contributed by atoms with E-state index in [1.54, 1.807) is 18.2 Å². The number of nitrogens with zero attached hydrogens (tertiary/aromatic N) is 1. The summed E-state index contributed by atoms with van der Waals surface area (Å²) < 4.78 is 0. The van der Waals surface area contributed by atoms with E-state index in [0.29, 0.717) is 10.6 Å². The summed E-state index contributed by atoms with van der Waals surface area (Å²) in [6.45, 7) is 0.862. The first kappa shape index (κ1) is 11.6. The molecule has 0 saturated carbocycles. The Labute approximate surface area is 94.9 Å². The lowest BCUT2D eigenvalue weighted by molar-refractivity contribution is 0.818. The molecule has 1 rings (SSSR count). The second-order valence-electron chi connectivity index (χ2n) is 2.96. The monoisotopic (exact) mass is 218 g/mol. The average Bonchev–Trinajstić information content (AvgIpc) is 2.26. The van der Waals surface area contributed by atoms with E-state index in [1.165, 1.54) is 0 Å². The van der Waals surface area contributed by atoms with Crippen LogP contribution >= 0.6 is 11.6 Å². The first-order valence-electron chi connectivity index (χ1n) is 4.61. The van der Waals surface area contributed by atoms with Gasteiger partial charge in [0, 0.05) is 18.5 Å². The number of benzene rings is 1. The van der Waals surface area contributed by atoms with Gasteiger partial charge in [-0.15, -0.1) is 0 Å². The van der Waals surface area contributed by atoms with Crippen molar-refractivity contribution in [3.05, 3.63) is 34.3 Å². The van der Waals surface area contributed by atoms with Gasteiger partial charge in [0.25, 0.3) is 0 Å². The average molecular weight is 219 g/mol. The van der Waals surface area contributed by atoms with Crippen molar-refractivity contribution in [3.63, 3.8) is 0 Å². The fourth-order valence-corrected chi connectivity index (χ4v) is 1.26. The molecule has 0 aliphatic carbocycles. The largest absolute Gasteiger partial charge is 0.319 e. The molecule has 15 heavy (non-hydrogen) atoms. The topological polar surface area (TPSA) is 35.8 Å². The van der Waals surface area contributed by atoms with Crippen molar-refractivity contribution in [2.45, 2.75) is 6.42 Å². The zero-order chi connectivity index (χ0) is 11.1. The number of nitriles is 1. The highest BCUT2D eigenvalue weighted by molar-refractivity contribution is 6.31. The molecule has 0 aliphatic rings. The molecule has 3 heteroatoms. The Bertz CT molecular complexity index is 435. The lowest BCUT2D eigenvalue weighted by Gasteiger charge is -1.95. The minimum Gasteiger partial charge on any atom is -0.319 e. The van der Waals surface area contributed by atoms with E-state index in [-0.39, 0.29) is 0 Å². The number of hydrogen-bond donors (Lipinski definition) is 1. The van der Waals surface area contributed by atoms with Crippen LogP contribution < -0.4 is 5.32 Å². The van der Waals surface area contributed by atoms with Gasteiger partial charge in [-0.25, -0.2) is 0 Å². The SMILES string of the molecule is CNCCC#Cc1ccc(C#N)cc1Cl. The molecule has 0 aliphatic heterocycles. The minimum absolute atomic E-state index is 0.533. The summed E-state index contributed by atoms with van der Waals surface area (Å²) in [6, 6.07) is 7.14. The van der Waals surface area contributed by atoms with Crippen molar-refractivity contribution >= 4 is 11.6 Å². The molecular weight excluding hydrogens is 208 g/mol. The molecular formula is C12H11ClN2. The van der Waals surface area contributed by atoms with Crippen LogP contribution in [0.15, 0.2) is 18.2 Å². The molecule has 0 aromatic heterocycles. The van der Waals surface area contributed by atoms with Crippen molar-refractivity contribution in [2.75, 3.05) is 13.6 Å². The van der Waals surface area contributed by atoms with Gasteiger partial charge in [-0.1, -0.05) is 23.4 Å². The van der Waals surface area contributed by atoms with Gasteiger partial charge in [0.1, 0.15) is 0 Å². The Morgan fingerprint density at radius 2 is 2.27 bits per heavy atom. The van der Waals surface area contributed by atoms with Crippen LogP contribution in [-0.4, -0.2) is 13.6 Å². The van der Waals surface area contributed by atoms with Gasteiger partial charge in [0.05, 0.1) is 16.7 Å². The quantitative estimate of drug-likeness (QED) is 0.610. The second-order valence-corrected chi connectivity index (χ2v) is 3.37. The zero-order valence-electron chi connectivity index (χ0n) is 8.47. The van der Waals surface area contributed by atoms with Crippen LogP contribution in [0.5, 0.6) is 0 Å². The van der Waals surface area contributed by atoms with Gasteiger partial charge < -0.3 is 5.32 Å². The lowest BCUT2D eigenvalue weighted by atomic mass is 10.1. The van der Waals surface area contributed by atoms with Gasteiger partial charge in [0.15, 0.2) is 0 Å². The number of hydrogen-bond acceptors (Lipinski definition) is 2. The molecule has 1 aromatic rings. The highest BCUT2D eigenvalue weighted by Gasteiger charge is 1.97. The molecule has 0 atom stereocenters. The molecule has 2 nitrogen and oxygen atoms in total. The van der Waals surface area contributed by atoms with E-state index in [0.717, 1.165) is 18.5 Å². The second kappa shape index (κ2) is 6.09. The van der Waals surface area contributed by atoms with E-state index in [4.69, 9.17) is 16.9 Å². The fourth-order valence-electron chi connectivity index (χ4n) is 1.03. The van der Waals surface area contributed by atoms with Crippen LogP contribution in [0, 0.1) is 23.2 Å². The highest BCUT2D eigenvalue weighted by atomic mass is 35.5. The molecule has 0 bridgehead atoms. The third-order valence-corrected chi connectivity index (χ3v) is 2.13. The zero-order valence-corrected chi connectivity index (χ0v) is 9.23. The summed E-state index contributed by atoms with van der Waals surface area (Å²) in [5, 5.41) is 12.2. The van der Waals surface area contributed by atoms with Gasteiger partial charge >= 0.3 is 0 Å². The van der Waals surface area contributed by atoms with Crippen molar-refractivity contribution < 1.29 is 0 Å². The van der Waals surface area contributed by atoms with Crippen LogP contribution in [0.1, 0.15) is 17.5 Å². The van der Waals surface area contributed by atoms with Crippen LogP contribution in [0.3, 0.4) is 0 Å². The van der Waals surface area contributed by atoms with Gasteiger partial charge in [-0.05, 0) is 25.2 Å². The Morgan fingerprint density at radius 3 is 2.87 bits per heavy atom. The summed E-state index contributed by atoms with van der Waals surface area (Å²) in [5.41, 5.74) is 1.33. The summed E-state index contributed by atoms with van der Waals surface area (Å²) in [4.78, 5) is 0. The minimum atomic E-state index is 0.533. The summed E-state index contributed by atoms with van der Waals surface area (Å²) in [7, 11) is 1.89. The van der Waals surface area contributed by atoms with Crippen molar-refractivity contribution in [2.24, 2.45) is 0 Å². The summed E-state index contributed by atoms with van der Waals surface area (Å²) >= 11 is 5.95. The Hall–Kier alpha value is -1.48. The Balaban J connectivity index is 2.77. The first-order valence-corrected chi connectivity index (χ1v) is 4.99. The van der Waals surface area contributed by atoms with Crippen molar-refractivity contribution in [3.8, 4) is 17.9 Å². The van der Waals surface area contributed by atoms with E-state index < -0.39 is 0 Å². The third kappa shape index (κ3) is 3.64. The number of rotatable bonds is 2. The summed E-state index contributed by atoms with van der Waals surface area (Å²) in [6.07, 6.45) is 0.785. The lowest BCUT2D eigenvalue weighted by Crippen LogP contribution is -2.05. The molecule has 1 N–H and O–H groups in total. The molecule has 0 saturated heterocycles. The smallest absolute Gasteiger partial charge is 0.0992 e. The predicted octanol–water partition coefficient (Wildman–Crippen LogP) is 2.17. The standard InChI is InChI=1S/C12H11ClN2/c1-15-7-3-2-4-11-6-5-10(9-14)8-12(11)13/h5-6,8,15H,3,7H2,1H3. The van der Waals surface area contributed by atoms with Gasteiger partial charge in [-0.3, -0.25) is 0 Å². The van der Waals surface area contributed by atoms with Crippen LogP contribution in [0.2, 0.25) is 5.02 Å². The maximum atomic E-state index is 8.65. The Morgan fingerprint density at radius 1 is 1.47 bits per heavy atom. The molecule has 76 valence electrons. The van der Waals surface area contributed by atoms with E-state index in [2.05, 4.69) is 17.2 Å². The first-order chi connectivity index (χ1) is 7.27. The van der Waals surface area contributed by atoms with E-state index >= 15 is 0 Å². The van der Waals surface area contributed by atoms with Crippen LogP contribution in [0.25, 0.3) is 0 Å². The van der Waals surface area contributed by atoms with Crippen LogP contribution in [-0.2, 0) is 0 Å². The highest BCUT2D eigenvalue weighted by Crippen LogP contribution is 2.16. The van der Waals surface area contributed by atoms with Gasteiger partial charge in [-0.2, -0.15) is 5.26 Å². The van der Waals surface area contributed by atoms with E-state index in [9.17, 15) is 0 Å².